The molecule has 1 heterocycles. The zero-order valence-electron chi connectivity index (χ0n) is 8.94. The number of ether oxygens (including phenoxy) is 1. The highest BCUT2D eigenvalue weighted by atomic mass is 79.9. The third kappa shape index (κ3) is 2.71. The number of para-hydroxylation sites is 2. The zero-order valence-corrected chi connectivity index (χ0v) is 11.3. The van der Waals surface area contributed by atoms with Crippen LogP contribution in [0.1, 0.15) is 0 Å². The number of hydrogen-bond donors (Lipinski definition) is 1. The van der Waals surface area contributed by atoms with Crippen molar-refractivity contribution in [3.05, 3.63) is 24.3 Å². The third-order valence-corrected chi connectivity index (χ3v) is 4.55. The van der Waals surface area contributed by atoms with E-state index in [-0.39, 0.29) is 0 Å². The molecule has 0 bridgehead atoms. The maximum atomic E-state index is 5.27. The van der Waals surface area contributed by atoms with E-state index in [0.717, 1.165) is 28.5 Å². The Bertz CT molecular complexity index is 397. The number of methoxy groups -OCH3 is 1. The van der Waals surface area contributed by atoms with Crippen molar-refractivity contribution in [2.45, 2.75) is 5.25 Å². The van der Waals surface area contributed by atoms with Gasteiger partial charge in [-0.15, -0.1) is 0 Å². The number of rotatable bonds is 3. The average molecular weight is 301 g/mol. The van der Waals surface area contributed by atoms with Crippen LogP contribution in [-0.4, -0.2) is 29.4 Å². The lowest BCUT2D eigenvalue weighted by Gasteiger charge is -2.10. The molecule has 0 radical (unpaired) electrons. The summed E-state index contributed by atoms with van der Waals surface area (Å²) in [6.45, 7) is 0.868. The highest BCUT2D eigenvalue weighted by molar-refractivity contribution is 9.09. The first kappa shape index (κ1) is 11.8. The van der Waals surface area contributed by atoms with Gasteiger partial charge in [-0.1, -0.05) is 39.8 Å². The van der Waals surface area contributed by atoms with Gasteiger partial charge in [0.25, 0.3) is 0 Å². The van der Waals surface area contributed by atoms with Crippen LogP contribution in [0.3, 0.4) is 0 Å². The van der Waals surface area contributed by atoms with Crippen molar-refractivity contribution in [1.82, 2.24) is 0 Å². The van der Waals surface area contributed by atoms with Gasteiger partial charge < -0.3 is 10.1 Å². The highest BCUT2D eigenvalue weighted by Crippen LogP contribution is 2.28. The number of amidine groups is 1. The Morgan fingerprint density at radius 3 is 3.06 bits per heavy atom. The molecular weight excluding hydrogens is 288 g/mol. The van der Waals surface area contributed by atoms with Crippen LogP contribution in [0.25, 0.3) is 0 Å². The zero-order chi connectivity index (χ0) is 11.4. The van der Waals surface area contributed by atoms with E-state index in [1.807, 2.05) is 24.3 Å². The van der Waals surface area contributed by atoms with Crippen LogP contribution >= 0.6 is 27.7 Å². The summed E-state index contributed by atoms with van der Waals surface area (Å²) in [4.78, 5) is 4.44. The Balaban J connectivity index is 2.04. The molecular formula is C11H13BrN2OS. The molecule has 0 unspecified atom stereocenters. The lowest BCUT2D eigenvalue weighted by atomic mass is 10.3. The molecule has 0 aliphatic carbocycles. The van der Waals surface area contributed by atoms with E-state index >= 15 is 0 Å². The van der Waals surface area contributed by atoms with Crippen molar-refractivity contribution in [2.24, 2.45) is 4.99 Å². The van der Waals surface area contributed by atoms with Crippen molar-refractivity contribution < 1.29 is 4.74 Å². The second kappa shape index (κ2) is 5.59. The molecule has 3 nitrogen and oxygen atoms in total. The van der Waals surface area contributed by atoms with E-state index in [9.17, 15) is 0 Å². The molecule has 0 saturated heterocycles. The van der Waals surface area contributed by atoms with E-state index < -0.39 is 0 Å². The number of halogens is 1. The minimum Gasteiger partial charge on any atom is -0.495 e. The van der Waals surface area contributed by atoms with Crippen molar-refractivity contribution in [1.29, 1.82) is 0 Å². The number of nitrogens with one attached hydrogen (secondary N) is 1. The van der Waals surface area contributed by atoms with Gasteiger partial charge in [-0.25, -0.2) is 0 Å². The third-order valence-electron chi connectivity index (χ3n) is 2.24. The molecule has 1 atom stereocenters. The minimum atomic E-state index is 0.539. The van der Waals surface area contributed by atoms with Crippen molar-refractivity contribution in [3.8, 4) is 5.75 Å². The smallest absolute Gasteiger partial charge is 0.161 e. The van der Waals surface area contributed by atoms with Gasteiger partial charge in [0.15, 0.2) is 5.17 Å². The fourth-order valence-corrected chi connectivity index (χ4v) is 2.88. The summed E-state index contributed by atoms with van der Waals surface area (Å²) >= 11 is 5.23. The summed E-state index contributed by atoms with van der Waals surface area (Å²) in [5, 5.41) is 5.77. The topological polar surface area (TPSA) is 33.6 Å². The summed E-state index contributed by atoms with van der Waals surface area (Å²) < 4.78 is 5.27. The van der Waals surface area contributed by atoms with Gasteiger partial charge in [-0.05, 0) is 12.1 Å². The summed E-state index contributed by atoms with van der Waals surface area (Å²) in [5.74, 6) is 0.841. The summed E-state index contributed by atoms with van der Waals surface area (Å²) in [6, 6.07) is 7.86. The van der Waals surface area contributed by atoms with Crippen LogP contribution in [0.4, 0.5) is 5.69 Å². The normalized spacial score (nSPS) is 19.4. The molecule has 1 aliphatic heterocycles. The van der Waals surface area contributed by atoms with E-state index in [1.165, 1.54) is 0 Å². The summed E-state index contributed by atoms with van der Waals surface area (Å²) in [5.41, 5.74) is 0.964. The van der Waals surface area contributed by atoms with Gasteiger partial charge >= 0.3 is 0 Å². The molecule has 0 amide bonds. The number of benzene rings is 1. The Morgan fingerprint density at radius 1 is 1.56 bits per heavy atom. The molecule has 1 aliphatic rings. The van der Waals surface area contributed by atoms with Crippen LogP contribution < -0.4 is 10.1 Å². The summed E-state index contributed by atoms with van der Waals surface area (Å²) in [7, 11) is 1.67. The molecule has 5 heteroatoms. The Hall–Kier alpha value is -0.680. The van der Waals surface area contributed by atoms with Gasteiger partial charge in [0, 0.05) is 10.6 Å². The first-order valence-corrected chi connectivity index (χ1v) is 7.00. The molecule has 1 aromatic rings. The van der Waals surface area contributed by atoms with Crippen molar-refractivity contribution in [2.75, 3.05) is 24.3 Å². The molecule has 86 valence electrons. The summed E-state index contributed by atoms with van der Waals surface area (Å²) in [6.07, 6.45) is 0. The Labute approximate surface area is 108 Å². The van der Waals surface area contributed by atoms with Crippen molar-refractivity contribution in [3.63, 3.8) is 0 Å². The molecule has 16 heavy (non-hydrogen) atoms. The van der Waals surface area contributed by atoms with Crippen LogP contribution in [0, 0.1) is 0 Å². The predicted octanol–water partition coefficient (Wildman–Crippen LogP) is 2.97. The number of alkyl halides is 1. The second-order valence-electron chi connectivity index (χ2n) is 3.37. The van der Waals surface area contributed by atoms with Gasteiger partial charge in [0.05, 0.1) is 19.3 Å². The first-order valence-electron chi connectivity index (χ1n) is 5.00. The largest absolute Gasteiger partial charge is 0.495 e. The molecule has 0 spiro atoms. The minimum absolute atomic E-state index is 0.539. The van der Waals surface area contributed by atoms with E-state index in [0.29, 0.717) is 5.25 Å². The lowest BCUT2D eigenvalue weighted by Crippen LogP contribution is -2.08. The molecule has 0 fully saturated rings. The maximum absolute atomic E-state index is 5.27. The number of anilines is 1. The lowest BCUT2D eigenvalue weighted by molar-refractivity contribution is 0.417. The fourth-order valence-electron chi connectivity index (χ4n) is 1.43. The monoisotopic (exact) mass is 300 g/mol. The van der Waals surface area contributed by atoms with E-state index in [4.69, 9.17) is 4.74 Å². The number of nitrogens with zero attached hydrogens (tertiary/aromatic N) is 1. The van der Waals surface area contributed by atoms with Crippen LogP contribution in [0.15, 0.2) is 29.3 Å². The number of aliphatic imine (C=N–C) groups is 1. The van der Waals surface area contributed by atoms with Gasteiger partial charge in [0.1, 0.15) is 5.75 Å². The molecule has 0 saturated carbocycles. The fraction of sp³-hybridized carbons (Fsp3) is 0.364. The van der Waals surface area contributed by atoms with Gasteiger partial charge in [-0.3, -0.25) is 4.99 Å². The molecule has 2 rings (SSSR count). The Morgan fingerprint density at radius 2 is 2.38 bits per heavy atom. The number of thioether (sulfide) groups is 1. The SMILES string of the molecule is COc1ccccc1NC1=NC[C@H](CBr)S1. The van der Waals surface area contributed by atoms with E-state index in [2.05, 4.69) is 26.2 Å². The van der Waals surface area contributed by atoms with Gasteiger partial charge in [-0.2, -0.15) is 0 Å². The molecule has 1 aromatic carbocycles. The van der Waals surface area contributed by atoms with Crippen molar-refractivity contribution >= 4 is 38.5 Å². The maximum Gasteiger partial charge on any atom is 0.161 e. The molecule has 1 N–H and O–H groups in total. The van der Waals surface area contributed by atoms with E-state index in [1.54, 1.807) is 18.9 Å². The quantitative estimate of drug-likeness (QED) is 0.872. The average Bonchev–Trinajstić information content (AvgIpc) is 2.77. The van der Waals surface area contributed by atoms with Crippen LogP contribution in [0.2, 0.25) is 0 Å². The van der Waals surface area contributed by atoms with Crippen LogP contribution in [0.5, 0.6) is 5.75 Å². The van der Waals surface area contributed by atoms with Crippen LogP contribution in [-0.2, 0) is 0 Å². The van der Waals surface area contributed by atoms with Gasteiger partial charge in [0.2, 0.25) is 0 Å². The first-order chi connectivity index (χ1) is 7.83. The number of hydrogen-bond acceptors (Lipinski definition) is 4. The standard InChI is InChI=1S/C11H13BrN2OS/c1-15-10-5-3-2-4-9(10)14-11-13-7-8(6-12)16-11/h2-5,8H,6-7H2,1H3,(H,13,14)/t8-/m0/s1. The highest BCUT2D eigenvalue weighted by Gasteiger charge is 2.18. The molecule has 0 aromatic heterocycles. The Kier molecular flexibility index (Phi) is 4.12. The predicted molar refractivity (Wildman–Crippen MR) is 74.1 cm³/mol. The second-order valence-corrected chi connectivity index (χ2v) is 5.30.